The van der Waals surface area contributed by atoms with Crippen molar-refractivity contribution in [3.8, 4) is 0 Å². The molecule has 5 nitrogen and oxygen atoms in total. The summed E-state index contributed by atoms with van der Waals surface area (Å²) in [5.41, 5.74) is -0.00218. The Hall–Kier alpha value is -1.73. The molecule has 3 aliphatic carbocycles. The third-order valence-electron chi connectivity index (χ3n) is 7.62. The number of imidazole rings is 1. The summed E-state index contributed by atoms with van der Waals surface area (Å²) in [5, 5.41) is 10.2. The minimum absolute atomic E-state index is 0.352. The first-order valence-corrected chi connectivity index (χ1v) is 12.5. The molecule has 0 radical (unpaired) electrons. The highest BCUT2D eigenvalue weighted by atomic mass is 79.9. The number of rotatable bonds is 8. The van der Waals surface area contributed by atoms with Crippen LogP contribution < -0.4 is 0 Å². The third kappa shape index (κ3) is 4.03. The highest BCUT2D eigenvalue weighted by Crippen LogP contribution is 2.51. The fourth-order valence-electron chi connectivity index (χ4n) is 5.10. The fraction of sp³-hybridized carbons (Fsp3) is 0.600. The summed E-state index contributed by atoms with van der Waals surface area (Å²) >= 11 is 3.74. The molecule has 0 spiro atoms. The second-order valence-corrected chi connectivity index (χ2v) is 10.8. The van der Waals surface area contributed by atoms with Gasteiger partial charge in [0.05, 0.1) is 17.7 Å². The van der Waals surface area contributed by atoms with Crippen LogP contribution in [-0.2, 0) is 27.1 Å². The number of aromatic nitrogens is 2. The summed E-state index contributed by atoms with van der Waals surface area (Å²) in [4.78, 5) is 17.5. The average molecular weight is 505 g/mol. The monoisotopic (exact) mass is 504 g/mol. The van der Waals surface area contributed by atoms with Gasteiger partial charge in [-0.2, -0.15) is 0 Å². The van der Waals surface area contributed by atoms with Crippen LogP contribution in [-0.4, -0.2) is 27.2 Å². The van der Waals surface area contributed by atoms with Crippen LogP contribution >= 0.6 is 15.9 Å². The largest absolute Gasteiger partial charge is 0.481 e. The normalized spacial score (nSPS) is 28.1. The first-order chi connectivity index (χ1) is 15.3. The van der Waals surface area contributed by atoms with Crippen LogP contribution in [0.4, 0.5) is 4.39 Å². The molecule has 1 heterocycles. The van der Waals surface area contributed by atoms with Crippen molar-refractivity contribution in [2.75, 3.05) is 6.61 Å². The van der Waals surface area contributed by atoms with Crippen molar-refractivity contribution < 1.29 is 19.0 Å². The van der Waals surface area contributed by atoms with Crippen molar-refractivity contribution in [1.29, 1.82) is 0 Å². The molecule has 7 heteroatoms. The van der Waals surface area contributed by atoms with Crippen LogP contribution in [0, 0.1) is 24.6 Å². The first kappa shape index (κ1) is 22.1. The van der Waals surface area contributed by atoms with Gasteiger partial charge < -0.3 is 14.4 Å². The zero-order valence-corrected chi connectivity index (χ0v) is 20.0. The lowest BCUT2D eigenvalue weighted by molar-refractivity contribution is -0.151. The van der Waals surface area contributed by atoms with Gasteiger partial charge in [-0.3, -0.25) is 4.79 Å². The molecular formula is C25H30BrFN2O3. The minimum atomic E-state index is -1.03. The highest BCUT2D eigenvalue weighted by molar-refractivity contribution is 9.10. The zero-order chi connectivity index (χ0) is 22.5. The molecule has 0 bridgehead atoms. The predicted molar refractivity (Wildman–Crippen MR) is 122 cm³/mol. The molecule has 3 fully saturated rings. The summed E-state index contributed by atoms with van der Waals surface area (Å²) in [7, 11) is 0. The Morgan fingerprint density at radius 1 is 1.16 bits per heavy atom. The van der Waals surface area contributed by atoms with Crippen LogP contribution in [0.3, 0.4) is 0 Å². The molecule has 172 valence electrons. The van der Waals surface area contributed by atoms with E-state index in [2.05, 4.69) is 20.5 Å². The lowest BCUT2D eigenvalue weighted by Gasteiger charge is -2.44. The maximum atomic E-state index is 13.5. The van der Waals surface area contributed by atoms with Gasteiger partial charge in [-0.05, 0) is 104 Å². The fourth-order valence-corrected chi connectivity index (χ4v) is 5.50. The van der Waals surface area contributed by atoms with Gasteiger partial charge in [0.15, 0.2) is 0 Å². The number of nitrogens with zero attached hydrogens (tertiary/aromatic N) is 2. The number of ether oxygens (including phenoxy) is 1. The zero-order valence-electron chi connectivity index (χ0n) is 18.4. The van der Waals surface area contributed by atoms with E-state index < -0.39 is 17.0 Å². The van der Waals surface area contributed by atoms with Crippen molar-refractivity contribution in [1.82, 2.24) is 9.55 Å². The minimum Gasteiger partial charge on any atom is -0.481 e. The molecule has 1 aromatic carbocycles. The molecule has 0 atom stereocenters. The van der Waals surface area contributed by atoms with Gasteiger partial charge in [-0.15, -0.1) is 0 Å². The second-order valence-electron chi connectivity index (χ2n) is 10.0. The number of aryl methyl sites for hydroxylation is 1. The molecule has 1 N–H and O–H groups in total. The van der Waals surface area contributed by atoms with Crippen molar-refractivity contribution in [3.63, 3.8) is 0 Å². The smallest absolute Gasteiger partial charge is 0.314 e. The van der Waals surface area contributed by atoms with Crippen molar-refractivity contribution in [2.45, 2.75) is 75.9 Å². The second kappa shape index (κ2) is 8.24. The van der Waals surface area contributed by atoms with E-state index in [1.807, 2.05) is 6.92 Å². The van der Waals surface area contributed by atoms with Crippen LogP contribution in [0.2, 0.25) is 0 Å². The molecule has 5 rings (SSSR count). The summed E-state index contributed by atoms with van der Waals surface area (Å²) in [6.45, 7) is 3.63. The number of carbonyl (C=O) groups is 1. The first-order valence-electron chi connectivity index (χ1n) is 11.7. The lowest BCUT2D eigenvalue weighted by Crippen LogP contribution is -2.47. The summed E-state index contributed by atoms with van der Waals surface area (Å²) in [6.07, 6.45) is 6.91. The molecule has 0 amide bonds. The molecule has 3 saturated carbocycles. The SMILES string of the molecule is Cc1nc([C@]2(OCC3CC3)CC[C@](C(=O)O)(c3ccc(F)cc3)CC2)n(CC2CC2)c1Br. The summed E-state index contributed by atoms with van der Waals surface area (Å²) in [5.74, 6) is 1.02. The van der Waals surface area contributed by atoms with Gasteiger partial charge in [-0.1, -0.05) is 12.1 Å². The van der Waals surface area contributed by atoms with E-state index in [-0.39, 0.29) is 5.82 Å². The lowest BCUT2D eigenvalue weighted by atomic mass is 9.65. The molecule has 0 aliphatic heterocycles. The van der Waals surface area contributed by atoms with Gasteiger partial charge >= 0.3 is 5.97 Å². The van der Waals surface area contributed by atoms with Gasteiger partial charge in [-0.25, -0.2) is 9.37 Å². The van der Waals surface area contributed by atoms with Crippen LogP contribution in [0.1, 0.15) is 68.4 Å². The molecule has 3 aliphatic rings. The molecule has 0 saturated heterocycles. The Morgan fingerprint density at radius 3 is 2.34 bits per heavy atom. The maximum Gasteiger partial charge on any atom is 0.314 e. The Labute approximate surface area is 196 Å². The molecular weight excluding hydrogens is 475 g/mol. The summed E-state index contributed by atoms with van der Waals surface area (Å²) < 4.78 is 23.5. The Bertz CT molecular complexity index is 1000. The number of carboxylic acid groups (broad SMARTS) is 1. The van der Waals surface area contributed by atoms with Gasteiger partial charge in [0.2, 0.25) is 0 Å². The van der Waals surface area contributed by atoms with Gasteiger partial charge in [0.1, 0.15) is 21.8 Å². The number of benzene rings is 1. The number of hydrogen-bond acceptors (Lipinski definition) is 3. The van der Waals surface area contributed by atoms with E-state index in [4.69, 9.17) is 9.72 Å². The van der Waals surface area contributed by atoms with Crippen molar-refractivity contribution in [2.24, 2.45) is 11.8 Å². The van der Waals surface area contributed by atoms with E-state index >= 15 is 0 Å². The van der Waals surface area contributed by atoms with Gasteiger partial charge in [0, 0.05) is 6.54 Å². The van der Waals surface area contributed by atoms with Crippen LogP contribution in [0.25, 0.3) is 0 Å². The topological polar surface area (TPSA) is 64.3 Å². The van der Waals surface area contributed by atoms with E-state index in [0.29, 0.717) is 49.7 Å². The van der Waals surface area contributed by atoms with E-state index in [9.17, 15) is 14.3 Å². The van der Waals surface area contributed by atoms with Crippen LogP contribution in [0.15, 0.2) is 28.9 Å². The number of aliphatic carboxylic acids is 1. The Kier molecular flexibility index (Phi) is 5.69. The number of halogens is 2. The van der Waals surface area contributed by atoms with E-state index in [1.165, 1.54) is 37.8 Å². The molecule has 2 aromatic rings. The van der Waals surface area contributed by atoms with E-state index in [0.717, 1.165) is 22.7 Å². The Morgan fingerprint density at radius 2 is 1.78 bits per heavy atom. The van der Waals surface area contributed by atoms with Crippen LogP contribution in [0.5, 0.6) is 0 Å². The van der Waals surface area contributed by atoms with Gasteiger partial charge in [0.25, 0.3) is 0 Å². The van der Waals surface area contributed by atoms with Crippen molar-refractivity contribution in [3.05, 3.63) is 51.8 Å². The molecule has 32 heavy (non-hydrogen) atoms. The standard InChI is InChI=1S/C25H30BrFN2O3/c1-16-21(26)29(14-17-2-3-17)22(28-16)25(32-15-18-4-5-18)12-10-24(11-13-25,23(30)31)19-6-8-20(27)9-7-19/h6-9,17-18H,2-5,10-15H2,1H3,(H,30,31)/t24-,25+. The number of carboxylic acids is 1. The summed E-state index contributed by atoms with van der Waals surface area (Å²) in [6, 6.07) is 5.95. The van der Waals surface area contributed by atoms with Crippen molar-refractivity contribution >= 4 is 21.9 Å². The molecule has 1 aromatic heterocycles. The highest BCUT2D eigenvalue weighted by Gasteiger charge is 2.52. The quantitative estimate of drug-likeness (QED) is 0.499. The Balaban J connectivity index is 1.49. The van der Waals surface area contributed by atoms with E-state index in [1.54, 1.807) is 12.1 Å². The average Bonchev–Trinajstić information content (AvgIpc) is 3.70. The maximum absolute atomic E-state index is 13.5. The third-order valence-corrected chi connectivity index (χ3v) is 8.62. The number of hydrogen-bond donors (Lipinski definition) is 1. The predicted octanol–water partition coefficient (Wildman–Crippen LogP) is 5.72. The molecule has 0 unspecified atom stereocenters.